The number of amides is 1. The van der Waals surface area contributed by atoms with E-state index < -0.39 is 17.5 Å². The summed E-state index contributed by atoms with van der Waals surface area (Å²) in [7, 11) is 0. The first-order valence-electron chi connectivity index (χ1n) is 4.52. The van der Waals surface area contributed by atoms with Gasteiger partial charge in [0.25, 0.3) is 5.91 Å². The zero-order valence-electron chi connectivity index (χ0n) is 7.80. The van der Waals surface area contributed by atoms with Gasteiger partial charge >= 0.3 is 0 Å². The van der Waals surface area contributed by atoms with E-state index in [4.69, 9.17) is 4.74 Å². The van der Waals surface area contributed by atoms with Crippen LogP contribution in [0, 0.1) is 11.6 Å². The minimum atomic E-state index is -1.12. The van der Waals surface area contributed by atoms with Crippen molar-refractivity contribution in [3.8, 4) is 0 Å². The molecule has 0 unspecified atom stereocenters. The maximum Gasteiger partial charge on any atom is 0.254 e. The Morgan fingerprint density at radius 1 is 1.53 bits per heavy atom. The Hall–Kier alpha value is -1.49. The van der Waals surface area contributed by atoms with Crippen LogP contribution in [0.3, 0.4) is 0 Å². The molecule has 1 amide bonds. The van der Waals surface area contributed by atoms with E-state index in [9.17, 15) is 13.6 Å². The molecule has 0 bridgehead atoms. The molecule has 5 heteroatoms. The molecule has 0 aromatic heterocycles. The third-order valence-electron chi connectivity index (χ3n) is 2.09. The zero-order valence-corrected chi connectivity index (χ0v) is 7.80. The van der Waals surface area contributed by atoms with Crippen LogP contribution in [0.1, 0.15) is 10.4 Å². The second-order valence-corrected chi connectivity index (χ2v) is 3.27. The molecular formula is C10H9F2NO2. The SMILES string of the molecule is O=C(NC[C@@H]1CO1)c1cccc(F)c1F. The van der Waals surface area contributed by atoms with Crippen LogP contribution in [0.2, 0.25) is 0 Å². The van der Waals surface area contributed by atoms with Crippen molar-refractivity contribution >= 4 is 5.91 Å². The van der Waals surface area contributed by atoms with E-state index >= 15 is 0 Å². The summed E-state index contributed by atoms with van der Waals surface area (Å²) in [5, 5.41) is 2.46. The van der Waals surface area contributed by atoms with Crippen molar-refractivity contribution in [3.05, 3.63) is 35.4 Å². The highest BCUT2D eigenvalue weighted by atomic mass is 19.2. The van der Waals surface area contributed by atoms with E-state index in [-0.39, 0.29) is 11.7 Å². The number of hydrogen-bond donors (Lipinski definition) is 1. The maximum absolute atomic E-state index is 13.1. The van der Waals surface area contributed by atoms with Crippen LogP contribution in [0.25, 0.3) is 0 Å². The Morgan fingerprint density at radius 2 is 2.27 bits per heavy atom. The van der Waals surface area contributed by atoms with Crippen LogP contribution < -0.4 is 5.32 Å². The Balaban J connectivity index is 2.06. The number of rotatable bonds is 3. The van der Waals surface area contributed by atoms with Crippen LogP contribution in [-0.2, 0) is 4.74 Å². The molecule has 0 radical (unpaired) electrons. The van der Waals surface area contributed by atoms with E-state index in [0.29, 0.717) is 13.2 Å². The third kappa shape index (κ3) is 2.30. The molecule has 3 nitrogen and oxygen atoms in total. The summed E-state index contributed by atoms with van der Waals surface area (Å²) >= 11 is 0. The second kappa shape index (κ2) is 3.94. The van der Waals surface area contributed by atoms with Gasteiger partial charge in [-0.3, -0.25) is 4.79 Å². The van der Waals surface area contributed by atoms with Crippen LogP contribution in [0.15, 0.2) is 18.2 Å². The number of nitrogens with one attached hydrogen (secondary N) is 1. The summed E-state index contributed by atoms with van der Waals surface area (Å²) in [5.74, 6) is -2.76. The van der Waals surface area contributed by atoms with Gasteiger partial charge in [0, 0.05) is 6.54 Å². The molecule has 1 aromatic carbocycles. The summed E-state index contributed by atoms with van der Waals surface area (Å²) in [4.78, 5) is 11.4. The highest BCUT2D eigenvalue weighted by molar-refractivity contribution is 5.94. The highest BCUT2D eigenvalue weighted by Crippen LogP contribution is 2.12. The Bertz CT molecular complexity index is 391. The normalized spacial score (nSPS) is 18.7. The third-order valence-corrected chi connectivity index (χ3v) is 2.09. The number of hydrogen-bond acceptors (Lipinski definition) is 2. The lowest BCUT2D eigenvalue weighted by Crippen LogP contribution is -2.28. The van der Waals surface area contributed by atoms with E-state index in [0.717, 1.165) is 6.07 Å². The summed E-state index contributed by atoms with van der Waals surface area (Å²) in [5.41, 5.74) is -0.282. The van der Waals surface area contributed by atoms with Crippen molar-refractivity contribution in [2.45, 2.75) is 6.10 Å². The second-order valence-electron chi connectivity index (χ2n) is 3.27. The molecule has 1 aliphatic heterocycles. The van der Waals surface area contributed by atoms with Crippen LogP contribution in [0.4, 0.5) is 8.78 Å². The lowest BCUT2D eigenvalue weighted by molar-refractivity contribution is 0.0945. The molecule has 1 heterocycles. The molecule has 15 heavy (non-hydrogen) atoms. The van der Waals surface area contributed by atoms with Gasteiger partial charge in [0.15, 0.2) is 11.6 Å². The summed E-state index contributed by atoms with van der Waals surface area (Å²) in [6, 6.07) is 3.50. The lowest BCUT2D eigenvalue weighted by Gasteiger charge is -2.04. The first kappa shape index (κ1) is 10.0. The van der Waals surface area contributed by atoms with Crippen molar-refractivity contribution in [1.82, 2.24) is 5.32 Å². The van der Waals surface area contributed by atoms with Gasteiger partial charge in [-0.1, -0.05) is 6.07 Å². The molecule has 0 aliphatic carbocycles. The van der Waals surface area contributed by atoms with Gasteiger partial charge in [-0.2, -0.15) is 0 Å². The number of ether oxygens (including phenoxy) is 1. The molecule has 1 N–H and O–H groups in total. The number of carbonyl (C=O) groups excluding carboxylic acids is 1. The fourth-order valence-corrected chi connectivity index (χ4v) is 1.17. The van der Waals surface area contributed by atoms with E-state index in [1.165, 1.54) is 12.1 Å². The molecule has 0 spiro atoms. The quantitative estimate of drug-likeness (QED) is 0.764. The molecular weight excluding hydrogens is 204 g/mol. The van der Waals surface area contributed by atoms with Gasteiger partial charge in [0.2, 0.25) is 0 Å². The fourth-order valence-electron chi connectivity index (χ4n) is 1.17. The van der Waals surface area contributed by atoms with Gasteiger partial charge < -0.3 is 10.1 Å². The van der Waals surface area contributed by atoms with Crippen molar-refractivity contribution in [2.24, 2.45) is 0 Å². The van der Waals surface area contributed by atoms with Gasteiger partial charge in [-0.15, -0.1) is 0 Å². The van der Waals surface area contributed by atoms with E-state index in [1.807, 2.05) is 0 Å². The average Bonchev–Trinajstić information content (AvgIpc) is 3.02. The lowest BCUT2D eigenvalue weighted by atomic mass is 10.2. The molecule has 1 atom stereocenters. The van der Waals surface area contributed by atoms with E-state index in [2.05, 4.69) is 5.32 Å². The maximum atomic E-state index is 13.1. The van der Waals surface area contributed by atoms with Gasteiger partial charge in [-0.05, 0) is 12.1 Å². The molecule has 1 aliphatic rings. The molecule has 1 aromatic rings. The fraction of sp³-hybridized carbons (Fsp3) is 0.300. The number of halogens is 2. The minimum absolute atomic E-state index is 0.0190. The molecule has 80 valence electrons. The summed E-state index contributed by atoms with van der Waals surface area (Å²) in [6.07, 6.45) is 0.0190. The number of epoxide rings is 1. The van der Waals surface area contributed by atoms with Crippen molar-refractivity contribution < 1.29 is 18.3 Å². The van der Waals surface area contributed by atoms with E-state index in [1.54, 1.807) is 0 Å². The topological polar surface area (TPSA) is 41.6 Å². The van der Waals surface area contributed by atoms with Crippen molar-refractivity contribution in [1.29, 1.82) is 0 Å². The number of carbonyl (C=O) groups is 1. The predicted octanol–water partition coefficient (Wildman–Crippen LogP) is 1.09. The zero-order chi connectivity index (χ0) is 10.8. The predicted molar refractivity (Wildman–Crippen MR) is 48.4 cm³/mol. The molecule has 2 rings (SSSR count). The van der Waals surface area contributed by atoms with Crippen LogP contribution in [0.5, 0.6) is 0 Å². The van der Waals surface area contributed by atoms with Crippen LogP contribution in [-0.4, -0.2) is 25.2 Å². The van der Waals surface area contributed by atoms with Gasteiger partial charge in [0.05, 0.1) is 18.3 Å². The van der Waals surface area contributed by atoms with Gasteiger partial charge in [0.1, 0.15) is 0 Å². The summed E-state index contributed by atoms with van der Waals surface area (Å²) < 4.78 is 30.8. The monoisotopic (exact) mass is 213 g/mol. The first-order chi connectivity index (χ1) is 7.18. The van der Waals surface area contributed by atoms with Gasteiger partial charge in [-0.25, -0.2) is 8.78 Å². The molecule has 0 saturated carbocycles. The Kier molecular flexibility index (Phi) is 2.64. The largest absolute Gasteiger partial charge is 0.371 e. The Morgan fingerprint density at radius 3 is 2.93 bits per heavy atom. The van der Waals surface area contributed by atoms with Crippen molar-refractivity contribution in [2.75, 3.05) is 13.2 Å². The van der Waals surface area contributed by atoms with Crippen LogP contribution >= 0.6 is 0 Å². The Labute approximate surface area is 85.0 Å². The van der Waals surface area contributed by atoms with Crippen molar-refractivity contribution in [3.63, 3.8) is 0 Å². The average molecular weight is 213 g/mol. The standard InChI is InChI=1S/C10H9F2NO2/c11-8-3-1-2-7(9(8)12)10(14)13-4-6-5-15-6/h1-3,6H,4-5H2,(H,13,14)/t6-/m1/s1. The molecule has 1 saturated heterocycles. The first-order valence-corrected chi connectivity index (χ1v) is 4.52. The summed E-state index contributed by atoms with van der Waals surface area (Å²) in [6.45, 7) is 0.931. The minimum Gasteiger partial charge on any atom is -0.371 e. The molecule has 1 fully saturated rings. The highest BCUT2D eigenvalue weighted by Gasteiger charge is 2.24. The number of benzene rings is 1. The smallest absolute Gasteiger partial charge is 0.254 e.